The Morgan fingerprint density at radius 1 is 1.15 bits per heavy atom. The number of nitrogens with zero attached hydrogens (tertiary/aromatic N) is 1. The molecule has 1 fully saturated rings. The molecule has 1 saturated heterocycles. The highest BCUT2D eigenvalue weighted by molar-refractivity contribution is 7.87. The van der Waals surface area contributed by atoms with Gasteiger partial charge in [-0.15, -0.1) is 0 Å². The highest BCUT2D eigenvalue weighted by atomic mass is 32.2. The van der Waals surface area contributed by atoms with Gasteiger partial charge >= 0.3 is 0 Å². The number of carbonyl (C=O) groups is 1. The van der Waals surface area contributed by atoms with Crippen LogP contribution in [0.5, 0.6) is 0 Å². The average molecular weight is 297 g/mol. The van der Waals surface area contributed by atoms with E-state index in [9.17, 15) is 13.2 Å². The van der Waals surface area contributed by atoms with Gasteiger partial charge in [0.15, 0.2) is 0 Å². The molecule has 1 aliphatic heterocycles. The zero-order chi connectivity index (χ0) is 14.6. The van der Waals surface area contributed by atoms with Gasteiger partial charge < -0.3 is 5.73 Å². The summed E-state index contributed by atoms with van der Waals surface area (Å²) in [6, 6.07) is 7.58. The third-order valence-electron chi connectivity index (χ3n) is 3.34. The smallest absolute Gasteiger partial charge is 0.280 e. The number of nitrogens with one attached hydrogen (secondary N) is 1. The zero-order valence-electron chi connectivity index (χ0n) is 11.2. The van der Waals surface area contributed by atoms with Crippen LogP contribution in [0.25, 0.3) is 0 Å². The fraction of sp³-hybridized carbons (Fsp3) is 0.462. The Kier molecular flexibility index (Phi) is 4.74. The van der Waals surface area contributed by atoms with E-state index < -0.39 is 22.2 Å². The van der Waals surface area contributed by atoms with Crippen LogP contribution in [0.15, 0.2) is 30.3 Å². The average Bonchev–Trinajstić information content (AvgIpc) is 2.46. The Morgan fingerprint density at radius 3 is 2.30 bits per heavy atom. The summed E-state index contributed by atoms with van der Waals surface area (Å²) in [7, 11) is -3.69. The number of primary amides is 1. The normalized spacial score (nSPS) is 18.6. The molecule has 0 radical (unpaired) electrons. The van der Waals surface area contributed by atoms with E-state index in [-0.39, 0.29) is 0 Å². The van der Waals surface area contributed by atoms with E-state index in [1.165, 1.54) is 4.31 Å². The molecular formula is C13H19N3O3S. The standard InChI is InChI=1S/C13H19N3O3S/c14-13(17)12(11-7-3-1-4-8-11)15-20(18,19)16-9-5-2-6-10-16/h1,3-4,7-8,12,15H,2,5-6,9-10H2,(H2,14,17). The van der Waals surface area contributed by atoms with E-state index in [1.54, 1.807) is 30.3 Å². The molecule has 0 aromatic heterocycles. The van der Waals surface area contributed by atoms with Gasteiger partial charge in [-0.25, -0.2) is 0 Å². The van der Waals surface area contributed by atoms with E-state index >= 15 is 0 Å². The van der Waals surface area contributed by atoms with E-state index in [0.717, 1.165) is 19.3 Å². The van der Waals surface area contributed by atoms with E-state index in [4.69, 9.17) is 5.73 Å². The van der Waals surface area contributed by atoms with Crippen LogP contribution < -0.4 is 10.5 Å². The Morgan fingerprint density at radius 2 is 1.75 bits per heavy atom. The molecule has 1 aromatic rings. The summed E-state index contributed by atoms with van der Waals surface area (Å²) < 4.78 is 28.3. The zero-order valence-corrected chi connectivity index (χ0v) is 12.0. The van der Waals surface area contributed by atoms with Crippen LogP contribution in [-0.2, 0) is 15.0 Å². The lowest BCUT2D eigenvalue weighted by molar-refractivity contribution is -0.119. The molecular weight excluding hydrogens is 278 g/mol. The number of amides is 1. The molecule has 1 unspecified atom stereocenters. The Balaban J connectivity index is 2.18. The van der Waals surface area contributed by atoms with E-state index in [2.05, 4.69) is 4.72 Å². The van der Waals surface area contributed by atoms with Crippen molar-refractivity contribution >= 4 is 16.1 Å². The van der Waals surface area contributed by atoms with Gasteiger partial charge in [0.1, 0.15) is 6.04 Å². The van der Waals surface area contributed by atoms with Crippen molar-refractivity contribution in [2.24, 2.45) is 5.73 Å². The van der Waals surface area contributed by atoms with Crippen LogP contribution in [0, 0.1) is 0 Å². The van der Waals surface area contributed by atoms with Crippen LogP contribution in [0.4, 0.5) is 0 Å². The molecule has 0 bridgehead atoms. The number of rotatable bonds is 5. The first kappa shape index (κ1) is 15.0. The van der Waals surface area contributed by atoms with Gasteiger partial charge in [-0.3, -0.25) is 4.79 Å². The molecule has 1 aromatic carbocycles. The molecule has 110 valence electrons. The summed E-state index contributed by atoms with van der Waals surface area (Å²) >= 11 is 0. The van der Waals surface area contributed by atoms with E-state index in [1.807, 2.05) is 0 Å². The van der Waals surface area contributed by atoms with Crippen molar-refractivity contribution in [1.82, 2.24) is 9.03 Å². The molecule has 1 atom stereocenters. The maximum atomic E-state index is 12.3. The summed E-state index contributed by atoms with van der Waals surface area (Å²) in [4.78, 5) is 11.5. The van der Waals surface area contributed by atoms with Crippen molar-refractivity contribution in [2.75, 3.05) is 13.1 Å². The van der Waals surface area contributed by atoms with Gasteiger partial charge in [0.2, 0.25) is 5.91 Å². The minimum absolute atomic E-state index is 0.482. The van der Waals surface area contributed by atoms with Crippen LogP contribution in [0.3, 0.4) is 0 Å². The molecule has 3 N–H and O–H groups in total. The van der Waals surface area contributed by atoms with Crippen LogP contribution in [-0.4, -0.2) is 31.7 Å². The quantitative estimate of drug-likeness (QED) is 0.830. The Labute approximate surface area is 119 Å². The van der Waals surface area contributed by atoms with Crippen molar-refractivity contribution < 1.29 is 13.2 Å². The molecule has 1 heterocycles. The number of benzene rings is 1. The largest absolute Gasteiger partial charge is 0.368 e. The molecule has 1 aliphatic rings. The van der Waals surface area contributed by atoms with Gasteiger partial charge in [-0.1, -0.05) is 36.8 Å². The lowest BCUT2D eigenvalue weighted by atomic mass is 10.1. The third-order valence-corrected chi connectivity index (χ3v) is 4.92. The SMILES string of the molecule is NC(=O)C(NS(=O)(=O)N1CCCCC1)c1ccccc1. The first-order valence-corrected chi connectivity index (χ1v) is 8.06. The molecule has 0 saturated carbocycles. The summed E-state index contributed by atoms with van der Waals surface area (Å²) in [5.41, 5.74) is 5.86. The molecule has 6 nitrogen and oxygen atoms in total. The number of nitrogens with two attached hydrogens (primary N) is 1. The topological polar surface area (TPSA) is 92.5 Å². The lowest BCUT2D eigenvalue weighted by Crippen LogP contribution is -2.47. The predicted molar refractivity (Wildman–Crippen MR) is 75.9 cm³/mol. The maximum Gasteiger partial charge on any atom is 0.280 e. The first-order chi connectivity index (χ1) is 9.50. The van der Waals surface area contributed by atoms with Gasteiger partial charge in [0, 0.05) is 13.1 Å². The molecule has 2 rings (SSSR count). The van der Waals surface area contributed by atoms with Crippen molar-refractivity contribution in [2.45, 2.75) is 25.3 Å². The first-order valence-electron chi connectivity index (χ1n) is 6.62. The monoisotopic (exact) mass is 297 g/mol. The van der Waals surface area contributed by atoms with Crippen LogP contribution in [0.1, 0.15) is 30.9 Å². The summed E-state index contributed by atoms with van der Waals surface area (Å²) in [6.07, 6.45) is 2.71. The fourth-order valence-corrected chi connectivity index (χ4v) is 3.70. The maximum absolute atomic E-state index is 12.3. The van der Waals surface area contributed by atoms with Crippen molar-refractivity contribution in [1.29, 1.82) is 0 Å². The number of piperidine rings is 1. The Bertz CT molecular complexity index is 553. The molecule has 0 aliphatic carbocycles. The van der Waals surface area contributed by atoms with Crippen molar-refractivity contribution in [3.8, 4) is 0 Å². The minimum Gasteiger partial charge on any atom is -0.368 e. The molecule has 20 heavy (non-hydrogen) atoms. The fourth-order valence-electron chi connectivity index (χ4n) is 2.26. The second kappa shape index (κ2) is 6.34. The number of hydrogen-bond donors (Lipinski definition) is 2. The summed E-state index contributed by atoms with van der Waals surface area (Å²) in [5.74, 6) is -0.711. The third kappa shape index (κ3) is 3.56. The number of hydrogen-bond acceptors (Lipinski definition) is 3. The van der Waals surface area contributed by atoms with Crippen LogP contribution in [0.2, 0.25) is 0 Å². The lowest BCUT2D eigenvalue weighted by Gasteiger charge is -2.27. The molecule has 7 heteroatoms. The van der Waals surface area contributed by atoms with E-state index in [0.29, 0.717) is 18.7 Å². The summed E-state index contributed by atoms with van der Waals surface area (Å²) in [6.45, 7) is 0.964. The highest BCUT2D eigenvalue weighted by Gasteiger charge is 2.29. The summed E-state index contributed by atoms with van der Waals surface area (Å²) in [5, 5.41) is 0. The highest BCUT2D eigenvalue weighted by Crippen LogP contribution is 2.17. The van der Waals surface area contributed by atoms with Gasteiger partial charge in [-0.2, -0.15) is 17.4 Å². The molecule has 0 spiro atoms. The second-order valence-corrected chi connectivity index (χ2v) is 6.53. The number of carbonyl (C=O) groups excluding carboxylic acids is 1. The van der Waals surface area contributed by atoms with Gasteiger partial charge in [0.25, 0.3) is 10.2 Å². The van der Waals surface area contributed by atoms with Gasteiger partial charge in [-0.05, 0) is 18.4 Å². The second-order valence-electron chi connectivity index (χ2n) is 4.83. The van der Waals surface area contributed by atoms with Gasteiger partial charge in [0.05, 0.1) is 0 Å². The van der Waals surface area contributed by atoms with Crippen LogP contribution >= 0.6 is 0 Å². The van der Waals surface area contributed by atoms with Crippen molar-refractivity contribution in [3.63, 3.8) is 0 Å². The Hall–Kier alpha value is -1.44. The predicted octanol–water partition coefficient (Wildman–Crippen LogP) is 0.533. The molecule has 1 amide bonds. The van der Waals surface area contributed by atoms with Crippen molar-refractivity contribution in [3.05, 3.63) is 35.9 Å². The minimum atomic E-state index is -3.69.